The molecule has 0 unspecified atom stereocenters. The Balaban J connectivity index is 2.99. The molecule has 0 saturated heterocycles. The van der Waals surface area contributed by atoms with Gasteiger partial charge >= 0.3 is 0 Å². The average Bonchev–Trinajstić information content (AvgIpc) is 2.52. The predicted octanol–water partition coefficient (Wildman–Crippen LogP) is 1.81. The van der Waals surface area contributed by atoms with Crippen molar-refractivity contribution < 1.29 is 4.79 Å². The summed E-state index contributed by atoms with van der Waals surface area (Å²) in [7, 11) is 0. The highest BCUT2D eigenvalue weighted by Crippen LogP contribution is 2.24. The van der Waals surface area contributed by atoms with E-state index in [1.807, 2.05) is 13.8 Å². The molecule has 5 nitrogen and oxygen atoms in total. The fourth-order valence-electron chi connectivity index (χ4n) is 0.899. The summed E-state index contributed by atoms with van der Waals surface area (Å²) in [6, 6.07) is 2.06. The minimum atomic E-state index is -0.201. The highest BCUT2D eigenvalue weighted by atomic mass is 32.1. The Bertz CT molecular complexity index is 451. The van der Waals surface area contributed by atoms with Crippen molar-refractivity contribution in [2.75, 3.05) is 5.32 Å². The summed E-state index contributed by atoms with van der Waals surface area (Å²) in [6.07, 6.45) is 0. The number of nitrogens with one attached hydrogen (secondary N) is 1. The second-order valence-corrected chi connectivity index (χ2v) is 4.06. The van der Waals surface area contributed by atoms with E-state index in [9.17, 15) is 4.79 Å². The largest absolute Gasteiger partial charge is 0.301 e. The highest BCUT2D eigenvalue weighted by Gasteiger charge is 2.10. The molecule has 1 rings (SSSR count). The molecule has 1 heterocycles. The number of rotatable bonds is 2. The zero-order valence-corrected chi connectivity index (χ0v) is 9.47. The van der Waals surface area contributed by atoms with Crippen LogP contribution in [0.3, 0.4) is 0 Å². The van der Waals surface area contributed by atoms with Crippen LogP contribution in [0.2, 0.25) is 0 Å². The molecule has 0 aliphatic heterocycles. The van der Waals surface area contributed by atoms with Crippen molar-refractivity contribution in [3.63, 3.8) is 0 Å². The van der Waals surface area contributed by atoms with Crippen molar-refractivity contribution >= 4 is 27.9 Å². The van der Waals surface area contributed by atoms with Crippen molar-refractivity contribution in [1.82, 2.24) is 10.2 Å². The Morgan fingerprint density at radius 2 is 2.07 bits per heavy atom. The normalized spacial score (nSPS) is 9.20. The van der Waals surface area contributed by atoms with Gasteiger partial charge in [-0.2, -0.15) is 5.26 Å². The van der Waals surface area contributed by atoms with E-state index in [1.165, 1.54) is 18.3 Å². The van der Waals surface area contributed by atoms with Crippen LogP contribution in [0.1, 0.15) is 25.8 Å². The number of hydrogen-bond acceptors (Lipinski definition) is 5. The maximum atomic E-state index is 10.7. The lowest BCUT2D eigenvalue weighted by Crippen LogP contribution is -2.04. The van der Waals surface area contributed by atoms with Crippen molar-refractivity contribution in [3.8, 4) is 6.07 Å². The van der Waals surface area contributed by atoms with Crippen LogP contribution in [0.5, 0.6) is 0 Å². The zero-order valence-electron chi connectivity index (χ0n) is 8.66. The van der Waals surface area contributed by atoms with Gasteiger partial charge in [-0.15, -0.1) is 10.2 Å². The van der Waals surface area contributed by atoms with Gasteiger partial charge in [-0.3, -0.25) is 4.79 Å². The predicted molar refractivity (Wildman–Crippen MR) is 58.1 cm³/mol. The second kappa shape index (κ2) is 4.66. The number of carbonyl (C=O) groups excluding carboxylic acids is 1. The molecule has 6 heteroatoms. The summed E-state index contributed by atoms with van der Waals surface area (Å²) < 4.78 is 0. The maximum Gasteiger partial charge on any atom is 0.223 e. The molecule has 1 aromatic rings. The molecule has 15 heavy (non-hydrogen) atoms. The molecule has 78 valence electrons. The lowest BCUT2D eigenvalue weighted by molar-refractivity contribution is -0.114. The summed E-state index contributed by atoms with van der Waals surface area (Å²) in [6.45, 7) is 5.06. The Morgan fingerprint density at radius 3 is 2.53 bits per heavy atom. The Labute approximate surface area is 91.4 Å². The topological polar surface area (TPSA) is 78.7 Å². The number of aromatic nitrogens is 2. The second-order valence-electron chi connectivity index (χ2n) is 3.08. The molecule has 0 saturated carbocycles. The number of nitrogens with zero attached hydrogens (tertiary/aromatic N) is 3. The standard InChI is InChI=1S/C9H10N4OS/c1-5(2)7(4-10)8-12-13-9(15-8)11-6(3)14/h1-3H3,(H,11,13,14). The van der Waals surface area contributed by atoms with Crippen LogP contribution in [0, 0.1) is 11.3 Å². The van der Waals surface area contributed by atoms with Gasteiger partial charge in [0.2, 0.25) is 11.0 Å². The zero-order chi connectivity index (χ0) is 11.4. The first-order valence-electron chi connectivity index (χ1n) is 4.23. The summed E-state index contributed by atoms with van der Waals surface area (Å²) in [5.74, 6) is -0.201. The van der Waals surface area contributed by atoms with E-state index in [1.54, 1.807) is 0 Å². The number of amides is 1. The Hall–Kier alpha value is -1.74. The molecule has 0 atom stereocenters. The van der Waals surface area contributed by atoms with Crippen LogP contribution in [-0.4, -0.2) is 16.1 Å². The van der Waals surface area contributed by atoms with Crippen LogP contribution in [-0.2, 0) is 4.79 Å². The first kappa shape index (κ1) is 11.3. The van der Waals surface area contributed by atoms with Crippen LogP contribution in [0.4, 0.5) is 5.13 Å². The van der Waals surface area contributed by atoms with Gasteiger partial charge in [0, 0.05) is 6.92 Å². The Morgan fingerprint density at radius 1 is 1.40 bits per heavy atom. The van der Waals surface area contributed by atoms with Crippen molar-refractivity contribution in [1.29, 1.82) is 5.26 Å². The SMILES string of the molecule is CC(=O)Nc1nnc(C(C#N)=C(C)C)s1. The summed E-state index contributed by atoms with van der Waals surface area (Å²) in [4.78, 5) is 10.7. The smallest absolute Gasteiger partial charge is 0.223 e. The van der Waals surface area contributed by atoms with Crippen molar-refractivity contribution in [2.45, 2.75) is 20.8 Å². The monoisotopic (exact) mass is 222 g/mol. The fourth-order valence-corrected chi connectivity index (χ4v) is 1.79. The van der Waals surface area contributed by atoms with Gasteiger partial charge in [0.1, 0.15) is 6.07 Å². The molecule has 1 N–H and O–H groups in total. The van der Waals surface area contributed by atoms with E-state index < -0.39 is 0 Å². The van der Waals surface area contributed by atoms with Gasteiger partial charge in [-0.25, -0.2) is 0 Å². The molecule has 1 amide bonds. The molecular formula is C9H10N4OS. The minimum Gasteiger partial charge on any atom is -0.301 e. The molecule has 1 aromatic heterocycles. The number of anilines is 1. The van der Waals surface area contributed by atoms with Gasteiger partial charge < -0.3 is 5.32 Å². The van der Waals surface area contributed by atoms with E-state index in [0.717, 1.165) is 5.57 Å². The first-order chi connectivity index (χ1) is 7.04. The lowest BCUT2D eigenvalue weighted by Gasteiger charge is -1.93. The molecule has 0 radical (unpaired) electrons. The number of allylic oxidation sites excluding steroid dienone is 2. The Kier molecular flexibility index (Phi) is 3.52. The number of hydrogen-bond donors (Lipinski definition) is 1. The van der Waals surface area contributed by atoms with E-state index in [2.05, 4.69) is 21.6 Å². The molecular weight excluding hydrogens is 212 g/mol. The van der Waals surface area contributed by atoms with E-state index in [-0.39, 0.29) is 5.91 Å². The van der Waals surface area contributed by atoms with E-state index >= 15 is 0 Å². The van der Waals surface area contributed by atoms with Crippen molar-refractivity contribution in [3.05, 3.63) is 10.6 Å². The lowest BCUT2D eigenvalue weighted by atomic mass is 10.2. The van der Waals surface area contributed by atoms with Crippen LogP contribution >= 0.6 is 11.3 Å². The third kappa shape index (κ3) is 2.86. The molecule has 0 aliphatic carbocycles. The fraction of sp³-hybridized carbons (Fsp3) is 0.333. The van der Waals surface area contributed by atoms with Gasteiger partial charge in [0.25, 0.3) is 0 Å². The van der Waals surface area contributed by atoms with E-state index in [4.69, 9.17) is 5.26 Å². The molecule has 0 bridgehead atoms. The minimum absolute atomic E-state index is 0.201. The maximum absolute atomic E-state index is 10.7. The third-order valence-electron chi connectivity index (χ3n) is 1.53. The summed E-state index contributed by atoms with van der Waals surface area (Å²) in [5, 5.41) is 19.9. The average molecular weight is 222 g/mol. The van der Waals surface area contributed by atoms with Gasteiger partial charge in [-0.05, 0) is 13.8 Å². The molecule has 0 fully saturated rings. The van der Waals surface area contributed by atoms with Crippen LogP contribution < -0.4 is 5.32 Å². The number of carbonyl (C=O) groups is 1. The molecule has 0 aromatic carbocycles. The summed E-state index contributed by atoms with van der Waals surface area (Å²) >= 11 is 1.19. The van der Waals surface area contributed by atoms with E-state index in [0.29, 0.717) is 15.7 Å². The highest BCUT2D eigenvalue weighted by molar-refractivity contribution is 7.16. The first-order valence-corrected chi connectivity index (χ1v) is 5.05. The van der Waals surface area contributed by atoms with Gasteiger partial charge in [0.15, 0.2) is 5.01 Å². The quantitative estimate of drug-likeness (QED) is 0.774. The van der Waals surface area contributed by atoms with Crippen LogP contribution in [0.15, 0.2) is 5.57 Å². The molecule has 0 aliphatic rings. The van der Waals surface area contributed by atoms with Gasteiger partial charge in [0.05, 0.1) is 5.57 Å². The molecule has 0 spiro atoms. The van der Waals surface area contributed by atoms with Crippen molar-refractivity contribution in [2.24, 2.45) is 0 Å². The van der Waals surface area contributed by atoms with Gasteiger partial charge in [-0.1, -0.05) is 16.9 Å². The number of nitriles is 1. The summed E-state index contributed by atoms with van der Waals surface area (Å²) in [5.41, 5.74) is 1.38. The third-order valence-corrected chi connectivity index (χ3v) is 2.39. The van der Waals surface area contributed by atoms with Crippen LogP contribution in [0.25, 0.3) is 5.57 Å².